The summed E-state index contributed by atoms with van der Waals surface area (Å²) in [5.41, 5.74) is 2.68. The Morgan fingerprint density at radius 1 is 1.19 bits per heavy atom. The highest BCUT2D eigenvalue weighted by Crippen LogP contribution is 2.24. The molecule has 0 saturated heterocycles. The first-order valence-electron chi connectivity index (χ1n) is 6.91. The van der Waals surface area contributed by atoms with Gasteiger partial charge in [0.2, 0.25) is 0 Å². The number of nitrogens with one attached hydrogen (secondary N) is 1. The van der Waals surface area contributed by atoms with E-state index in [4.69, 9.17) is 0 Å². The highest BCUT2D eigenvalue weighted by atomic mass is 16.6. The van der Waals surface area contributed by atoms with Crippen molar-refractivity contribution in [3.05, 3.63) is 69.5 Å². The lowest BCUT2D eigenvalue weighted by Gasteiger charge is -2.20. The van der Waals surface area contributed by atoms with Gasteiger partial charge in [0.25, 0.3) is 5.69 Å². The molecule has 2 rings (SSSR count). The van der Waals surface area contributed by atoms with Crippen LogP contribution in [-0.4, -0.2) is 9.91 Å². The maximum Gasteiger partial charge on any atom is 0.272 e. The van der Waals surface area contributed by atoms with E-state index in [1.165, 1.54) is 0 Å². The third-order valence-electron chi connectivity index (χ3n) is 3.56. The zero-order valence-corrected chi connectivity index (χ0v) is 12.4. The van der Waals surface area contributed by atoms with E-state index >= 15 is 0 Å². The van der Waals surface area contributed by atoms with Crippen LogP contribution in [0.4, 0.5) is 5.69 Å². The first kappa shape index (κ1) is 15.1. The minimum atomic E-state index is -0.340. The third kappa shape index (κ3) is 3.64. The Morgan fingerprint density at radius 3 is 2.57 bits per heavy atom. The topological polar surface area (TPSA) is 68.1 Å². The molecule has 5 nitrogen and oxygen atoms in total. The molecule has 0 fully saturated rings. The van der Waals surface area contributed by atoms with Crippen LogP contribution in [0.1, 0.15) is 42.8 Å². The predicted octanol–water partition coefficient (Wildman–Crippen LogP) is 3.71. The molecule has 0 aliphatic rings. The molecule has 0 radical (unpaired) electrons. The van der Waals surface area contributed by atoms with Crippen LogP contribution in [0.25, 0.3) is 0 Å². The van der Waals surface area contributed by atoms with Crippen LogP contribution in [0.3, 0.4) is 0 Å². The van der Waals surface area contributed by atoms with Crippen LogP contribution in [0, 0.1) is 17.0 Å². The van der Waals surface area contributed by atoms with Gasteiger partial charge in [-0.25, -0.2) is 0 Å². The van der Waals surface area contributed by atoms with Gasteiger partial charge in [0, 0.05) is 29.9 Å². The van der Waals surface area contributed by atoms with Crippen molar-refractivity contribution in [2.75, 3.05) is 0 Å². The number of hydrogen-bond donors (Lipinski definition) is 1. The molecule has 2 atom stereocenters. The molecule has 0 saturated carbocycles. The minimum Gasteiger partial charge on any atom is -0.302 e. The van der Waals surface area contributed by atoms with E-state index < -0.39 is 0 Å². The van der Waals surface area contributed by atoms with E-state index in [-0.39, 0.29) is 22.7 Å². The Bertz CT molecular complexity index is 629. The van der Waals surface area contributed by atoms with Crippen LogP contribution >= 0.6 is 0 Å². The predicted molar refractivity (Wildman–Crippen MR) is 82.0 cm³/mol. The van der Waals surface area contributed by atoms with Crippen LogP contribution in [0.15, 0.2) is 42.6 Å². The van der Waals surface area contributed by atoms with Crippen molar-refractivity contribution in [1.29, 1.82) is 0 Å². The zero-order chi connectivity index (χ0) is 15.4. The molecular weight excluding hydrogens is 266 g/mol. The summed E-state index contributed by atoms with van der Waals surface area (Å²) < 4.78 is 0. The monoisotopic (exact) mass is 285 g/mol. The molecule has 0 aliphatic heterocycles. The number of nitro benzene ring substituents is 1. The number of benzene rings is 1. The Labute approximate surface area is 124 Å². The van der Waals surface area contributed by atoms with Crippen molar-refractivity contribution in [2.24, 2.45) is 0 Å². The summed E-state index contributed by atoms with van der Waals surface area (Å²) in [6.07, 6.45) is 1.76. The van der Waals surface area contributed by atoms with Gasteiger partial charge < -0.3 is 5.32 Å². The van der Waals surface area contributed by atoms with E-state index in [1.807, 2.05) is 38.1 Å². The first-order valence-corrected chi connectivity index (χ1v) is 6.91. The van der Waals surface area contributed by atoms with Gasteiger partial charge in [0.15, 0.2) is 0 Å². The summed E-state index contributed by atoms with van der Waals surface area (Å²) in [4.78, 5) is 15.0. The molecule has 21 heavy (non-hydrogen) atoms. The maximum atomic E-state index is 11.0. The van der Waals surface area contributed by atoms with Gasteiger partial charge in [-0.3, -0.25) is 15.1 Å². The molecule has 0 bridgehead atoms. The van der Waals surface area contributed by atoms with Crippen molar-refractivity contribution in [3.8, 4) is 0 Å². The molecule has 1 heterocycles. The smallest absolute Gasteiger partial charge is 0.272 e. The zero-order valence-electron chi connectivity index (χ0n) is 12.4. The summed E-state index contributed by atoms with van der Waals surface area (Å²) in [6, 6.07) is 11.2. The molecule has 0 amide bonds. The molecular formula is C16H19N3O2. The van der Waals surface area contributed by atoms with Gasteiger partial charge in [-0.05, 0) is 38.5 Å². The highest BCUT2D eigenvalue weighted by molar-refractivity contribution is 5.43. The number of nitro groups is 1. The fourth-order valence-corrected chi connectivity index (χ4v) is 2.28. The highest BCUT2D eigenvalue weighted by Gasteiger charge is 2.16. The van der Waals surface area contributed by atoms with Gasteiger partial charge >= 0.3 is 0 Å². The Morgan fingerprint density at radius 2 is 1.95 bits per heavy atom. The van der Waals surface area contributed by atoms with Crippen LogP contribution in [0.2, 0.25) is 0 Å². The second-order valence-electron chi connectivity index (χ2n) is 5.17. The van der Waals surface area contributed by atoms with Crippen molar-refractivity contribution in [1.82, 2.24) is 10.3 Å². The minimum absolute atomic E-state index is 0.00121. The summed E-state index contributed by atoms with van der Waals surface area (Å²) >= 11 is 0. The molecule has 1 aromatic carbocycles. The molecule has 110 valence electrons. The lowest BCUT2D eigenvalue weighted by atomic mass is 10.0. The van der Waals surface area contributed by atoms with E-state index in [2.05, 4.69) is 10.3 Å². The lowest BCUT2D eigenvalue weighted by molar-refractivity contribution is -0.385. The fraction of sp³-hybridized carbons (Fsp3) is 0.312. The standard InChI is InChI=1S/C16H19N3O2/c1-11-7-8-14(10-16(11)19(20)21)12(2)18-13(3)15-6-4-5-9-17-15/h4-10,12-13,18H,1-3H3/t12?,13-/m0/s1. The molecule has 1 aromatic heterocycles. The lowest BCUT2D eigenvalue weighted by Crippen LogP contribution is -2.23. The quantitative estimate of drug-likeness (QED) is 0.671. The van der Waals surface area contributed by atoms with E-state index in [1.54, 1.807) is 25.3 Å². The molecule has 5 heteroatoms. The average Bonchev–Trinajstić information content (AvgIpc) is 2.48. The van der Waals surface area contributed by atoms with Crippen LogP contribution in [-0.2, 0) is 0 Å². The maximum absolute atomic E-state index is 11.0. The molecule has 1 unspecified atom stereocenters. The van der Waals surface area contributed by atoms with Gasteiger partial charge in [-0.15, -0.1) is 0 Å². The fourth-order valence-electron chi connectivity index (χ4n) is 2.28. The van der Waals surface area contributed by atoms with Gasteiger partial charge in [-0.2, -0.15) is 0 Å². The number of nitrogens with zero attached hydrogens (tertiary/aromatic N) is 2. The Kier molecular flexibility index (Phi) is 4.65. The summed E-state index contributed by atoms with van der Waals surface area (Å²) in [5.74, 6) is 0. The van der Waals surface area contributed by atoms with Crippen LogP contribution in [0.5, 0.6) is 0 Å². The number of aryl methyl sites for hydroxylation is 1. The molecule has 0 spiro atoms. The summed E-state index contributed by atoms with van der Waals surface area (Å²) in [5, 5.41) is 14.4. The van der Waals surface area contributed by atoms with Gasteiger partial charge in [0.1, 0.15) is 0 Å². The molecule has 1 N–H and O–H groups in total. The van der Waals surface area contributed by atoms with Crippen molar-refractivity contribution in [3.63, 3.8) is 0 Å². The number of hydrogen-bond acceptors (Lipinski definition) is 4. The van der Waals surface area contributed by atoms with Gasteiger partial charge in [0.05, 0.1) is 10.6 Å². The number of rotatable bonds is 5. The third-order valence-corrected chi connectivity index (χ3v) is 3.56. The summed E-state index contributed by atoms with van der Waals surface area (Å²) in [6.45, 7) is 5.77. The molecule has 2 aromatic rings. The Balaban J connectivity index is 2.15. The number of pyridine rings is 1. The largest absolute Gasteiger partial charge is 0.302 e. The van der Waals surface area contributed by atoms with Gasteiger partial charge in [-0.1, -0.05) is 18.2 Å². The van der Waals surface area contributed by atoms with Crippen molar-refractivity contribution in [2.45, 2.75) is 32.9 Å². The summed E-state index contributed by atoms with van der Waals surface area (Å²) in [7, 11) is 0. The Hall–Kier alpha value is -2.27. The molecule has 0 aliphatic carbocycles. The SMILES string of the molecule is Cc1ccc(C(C)N[C@@H](C)c2ccccn2)cc1[N+](=O)[O-]. The second-order valence-corrected chi connectivity index (χ2v) is 5.17. The van der Waals surface area contributed by atoms with E-state index in [9.17, 15) is 10.1 Å². The number of aromatic nitrogens is 1. The van der Waals surface area contributed by atoms with Crippen molar-refractivity contribution < 1.29 is 4.92 Å². The van der Waals surface area contributed by atoms with Crippen LogP contribution < -0.4 is 5.32 Å². The van der Waals surface area contributed by atoms with Crippen molar-refractivity contribution >= 4 is 5.69 Å². The van der Waals surface area contributed by atoms with E-state index in [0.717, 1.165) is 11.3 Å². The second kappa shape index (κ2) is 6.45. The average molecular weight is 285 g/mol. The normalized spacial score (nSPS) is 13.7. The van der Waals surface area contributed by atoms with E-state index in [0.29, 0.717) is 5.56 Å². The first-order chi connectivity index (χ1) is 9.99.